The van der Waals surface area contributed by atoms with E-state index in [1.807, 2.05) is 12.3 Å². The first-order chi connectivity index (χ1) is 11.6. The predicted molar refractivity (Wildman–Crippen MR) is 100.0 cm³/mol. The Morgan fingerprint density at radius 3 is 2.62 bits per heavy atom. The summed E-state index contributed by atoms with van der Waals surface area (Å²) in [4.78, 5) is 9.51. The Labute approximate surface area is 148 Å². The van der Waals surface area contributed by atoms with Crippen molar-refractivity contribution in [3.05, 3.63) is 42.6 Å². The first-order valence-corrected chi connectivity index (χ1v) is 9.35. The SMILES string of the molecule is C[N+](C)(CCCO)CCCN1c2ccccc2Sc2cccnc21. The number of anilines is 2. The zero-order valence-electron chi connectivity index (χ0n) is 14.5. The van der Waals surface area contributed by atoms with Crippen molar-refractivity contribution in [1.82, 2.24) is 4.98 Å². The lowest BCUT2D eigenvalue weighted by Gasteiger charge is -2.34. The third-order valence-corrected chi connectivity index (χ3v) is 5.55. The van der Waals surface area contributed by atoms with Crippen LogP contribution in [0.15, 0.2) is 52.4 Å². The van der Waals surface area contributed by atoms with Crippen LogP contribution in [0.2, 0.25) is 0 Å². The number of pyridine rings is 1. The molecule has 2 aromatic rings. The second-order valence-corrected chi connectivity index (χ2v) is 7.94. The molecule has 0 fully saturated rings. The van der Waals surface area contributed by atoms with Crippen LogP contribution in [0.25, 0.3) is 0 Å². The van der Waals surface area contributed by atoms with Crippen molar-refractivity contribution in [3.8, 4) is 0 Å². The number of para-hydroxylation sites is 1. The van der Waals surface area contributed by atoms with Gasteiger partial charge in [-0.15, -0.1) is 0 Å². The van der Waals surface area contributed by atoms with Gasteiger partial charge in [-0.1, -0.05) is 23.9 Å². The number of hydrogen-bond acceptors (Lipinski definition) is 4. The van der Waals surface area contributed by atoms with Gasteiger partial charge in [0.05, 0.1) is 37.8 Å². The largest absolute Gasteiger partial charge is 0.396 e. The second kappa shape index (κ2) is 7.55. The van der Waals surface area contributed by atoms with E-state index in [1.165, 1.54) is 15.5 Å². The average molecular weight is 345 g/mol. The Bertz CT molecular complexity index is 644. The molecule has 0 amide bonds. The minimum Gasteiger partial charge on any atom is -0.396 e. The highest BCUT2D eigenvalue weighted by atomic mass is 32.2. The minimum absolute atomic E-state index is 0.274. The molecule has 1 aliphatic heterocycles. The van der Waals surface area contributed by atoms with Crippen molar-refractivity contribution in [2.45, 2.75) is 22.6 Å². The molecule has 0 saturated carbocycles. The summed E-state index contributed by atoms with van der Waals surface area (Å²) in [5.74, 6) is 1.07. The number of benzene rings is 1. The van der Waals surface area contributed by atoms with Crippen molar-refractivity contribution < 1.29 is 9.59 Å². The van der Waals surface area contributed by atoms with Gasteiger partial charge in [-0.2, -0.15) is 0 Å². The Morgan fingerprint density at radius 1 is 1.04 bits per heavy atom. The van der Waals surface area contributed by atoms with Gasteiger partial charge in [-0.25, -0.2) is 4.98 Å². The van der Waals surface area contributed by atoms with Gasteiger partial charge in [0.25, 0.3) is 0 Å². The quantitative estimate of drug-likeness (QED) is 0.780. The highest BCUT2D eigenvalue weighted by Gasteiger charge is 2.24. The van der Waals surface area contributed by atoms with Gasteiger partial charge in [-0.05, 0) is 24.3 Å². The van der Waals surface area contributed by atoms with Crippen LogP contribution in [0.1, 0.15) is 12.8 Å². The molecule has 0 radical (unpaired) electrons. The van der Waals surface area contributed by atoms with E-state index in [1.54, 1.807) is 11.8 Å². The van der Waals surface area contributed by atoms with Crippen molar-refractivity contribution in [3.63, 3.8) is 0 Å². The van der Waals surface area contributed by atoms with Crippen LogP contribution in [-0.2, 0) is 0 Å². The lowest BCUT2D eigenvalue weighted by molar-refractivity contribution is -0.890. The third-order valence-electron chi connectivity index (χ3n) is 4.45. The standard InChI is InChI=1S/C19H26N3OS/c1-22(2,14-7-15-23)13-6-12-21-16-8-3-4-9-17(16)24-18-10-5-11-20-19(18)21/h3-5,8-11,23H,6-7,12-15H2,1-2H3/q+1. The lowest BCUT2D eigenvalue weighted by Crippen LogP contribution is -2.42. The topological polar surface area (TPSA) is 36.4 Å². The number of hydrogen-bond donors (Lipinski definition) is 1. The lowest BCUT2D eigenvalue weighted by atomic mass is 10.2. The first-order valence-electron chi connectivity index (χ1n) is 8.53. The zero-order chi connectivity index (χ0) is 17.0. The molecule has 24 heavy (non-hydrogen) atoms. The molecule has 3 rings (SSSR count). The highest BCUT2D eigenvalue weighted by Crippen LogP contribution is 2.46. The number of fused-ring (bicyclic) bond motifs is 2. The van der Waals surface area contributed by atoms with Crippen LogP contribution in [0.4, 0.5) is 11.5 Å². The molecule has 5 heteroatoms. The molecule has 2 heterocycles. The third kappa shape index (κ3) is 3.91. The Morgan fingerprint density at radius 2 is 1.79 bits per heavy atom. The van der Waals surface area contributed by atoms with Crippen LogP contribution < -0.4 is 4.90 Å². The molecule has 128 valence electrons. The Kier molecular flexibility index (Phi) is 5.43. The number of rotatable bonds is 7. The molecule has 1 aromatic carbocycles. The van der Waals surface area contributed by atoms with Gasteiger partial charge in [0, 0.05) is 37.1 Å². The van der Waals surface area contributed by atoms with Crippen molar-refractivity contribution in [1.29, 1.82) is 0 Å². The highest BCUT2D eigenvalue weighted by molar-refractivity contribution is 7.99. The summed E-state index contributed by atoms with van der Waals surface area (Å²) in [6.07, 6.45) is 3.83. The van der Waals surface area contributed by atoms with Crippen molar-refractivity contribution in [2.24, 2.45) is 0 Å². The van der Waals surface area contributed by atoms with E-state index in [2.05, 4.69) is 54.3 Å². The number of aliphatic hydroxyl groups is 1. The molecule has 1 aromatic heterocycles. The minimum atomic E-state index is 0.274. The van der Waals surface area contributed by atoms with Crippen LogP contribution in [0, 0.1) is 0 Å². The molecule has 0 saturated heterocycles. The number of aliphatic hydroxyl groups excluding tert-OH is 1. The van der Waals surface area contributed by atoms with Gasteiger partial charge in [0.2, 0.25) is 0 Å². The molecule has 1 N–H and O–H groups in total. The molecular formula is C19H26N3OS+. The fraction of sp³-hybridized carbons (Fsp3) is 0.421. The number of quaternary nitrogens is 1. The van der Waals surface area contributed by atoms with Gasteiger partial charge >= 0.3 is 0 Å². The fourth-order valence-electron chi connectivity index (χ4n) is 3.16. The molecule has 0 bridgehead atoms. The zero-order valence-corrected chi connectivity index (χ0v) is 15.3. The molecule has 0 aliphatic carbocycles. The van der Waals surface area contributed by atoms with E-state index >= 15 is 0 Å². The van der Waals surface area contributed by atoms with E-state index in [0.717, 1.165) is 42.8 Å². The summed E-state index contributed by atoms with van der Waals surface area (Å²) < 4.78 is 0.944. The summed E-state index contributed by atoms with van der Waals surface area (Å²) in [5, 5.41) is 9.05. The maximum absolute atomic E-state index is 9.05. The van der Waals surface area contributed by atoms with Gasteiger partial charge in [0.1, 0.15) is 5.82 Å². The Balaban J connectivity index is 1.73. The average Bonchev–Trinajstić information content (AvgIpc) is 2.59. The van der Waals surface area contributed by atoms with E-state index in [-0.39, 0.29) is 6.61 Å². The molecular weight excluding hydrogens is 318 g/mol. The summed E-state index contributed by atoms with van der Waals surface area (Å²) in [6.45, 7) is 3.34. The Hall–Kier alpha value is -1.56. The maximum atomic E-state index is 9.05. The van der Waals surface area contributed by atoms with Crippen molar-refractivity contribution >= 4 is 23.3 Å². The number of aromatic nitrogens is 1. The molecule has 0 unspecified atom stereocenters. The van der Waals surface area contributed by atoms with E-state index in [9.17, 15) is 0 Å². The smallest absolute Gasteiger partial charge is 0.147 e. The molecule has 0 atom stereocenters. The van der Waals surface area contributed by atoms with Crippen molar-refractivity contribution in [2.75, 3.05) is 45.2 Å². The van der Waals surface area contributed by atoms with Crippen LogP contribution in [0.5, 0.6) is 0 Å². The van der Waals surface area contributed by atoms with Gasteiger partial charge in [0.15, 0.2) is 0 Å². The van der Waals surface area contributed by atoms with E-state index < -0.39 is 0 Å². The van der Waals surface area contributed by atoms with Gasteiger partial charge < -0.3 is 14.5 Å². The fourth-order valence-corrected chi connectivity index (χ4v) is 4.22. The molecule has 4 nitrogen and oxygen atoms in total. The summed E-state index contributed by atoms with van der Waals surface area (Å²) in [6, 6.07) is 12.7. The normalized spacial score (nSPS) is 13.5. The maximum Gasteiger partial charge on any atom is 0.147 e. The molecule has 0 spiro atoms. The van der Waals surface area contributed by atoms with Crippen LogP contribution in [0.3, 0.4) is 0 Å². The number of nitrogens with zero attached hydrogens (tertiary/aromatic N) is 3. The van der Waals surface area contributed by atoms with E-state index in [4.69, 9.17) is 5.11 Å². The molecule has 1 aliphatic rings. The summed E-state index contributed by atoms with van der Waals surface area (Å²) in [7, 11) is 4.48. The monoisotopic (exact) mass is 344 g/mol. The van der Waals surface area contributed by atoms with Gasteiger partial charge in [-0.3, -0.25) is 0 Å². The summed E-state index contributed by atoms with van der Waals surface area (Å²) in [5.41, 5.74) is 1.26. The summed E-state index contributed by atoms with van der Waals surface area (Å²) >= 11 is 1.80. The second-order valence-electron chi connectivity index (χ2n) is 6.86. The van der Waals surface area contributed by atoms with E-state index in [0.29, 0.717) is 0 Å². The first kappa shape index (κ1) is 17.3. The van der Waals surface area contributed by atoms with Crippen LogP contribution in [-0.4, -0.2) is 54.9 Å². The predicted octanol–water partition coefficient (Wildman–Crippen LogP) is 3.53. The van der Waals surface area contributed by atoms with Crippen LogP contribution >= 0.6 is 11.8 Å².